The fraction of sp³-hybridized carbons (Fsp3) is 0.312. The van der Waals surface area contributed by atoms with Gasteiger partial charge in [0.15, 0.2) is 11.5 Å². The van der Waals surface area contributed by atoms with Gasteiger partial charge in [0.25, 0.3) is 5.91 Å². The molecule has 3 rings (SSSR count). The van der Waals surface area contributed by atoms with Gasteiger partial charge < -0.3 is 24.8 Å². The van der Waals surface area contributed by atoms with Crippen molar-refractivity contribution in [2.75, 3.05) is 38.8 Å². The van der Waals surface area contributed by atoms with Crippen molar-refractivity contribution in [1.29, 1.82) is 0 Å². The molecule has 1 amide bonds. The van der Waals surface area contributed by atoms with E-state index in [-0.39, 0.29) is 11.6 Å². The fourth-order valence-corrected chi connectivity index (χ4v) is 2.18. The minimum Gasteiger partial charge on any atom is -0.486 e. The molecule has 1 aliphatic rings. The Balaban J connectivity index is 1.69. The highest BCUT2D eigenvalue weighted by atomic mass is 16.6. The number of methoxy groups -OCH3 is 1. The number of amides is 1. The first-order valence-corrected chi connectivity index (χ1v) is 7.52. The molecule has 0 spiro atoms. The Morgan fingerprint density at radius 2 is 2.04 bits per heavy atom. The number of hydrogen-bond donors (Lipinski definition) is 2. The van der Waals surface area contributed by atoms with Crippen LogP contribution in [0.3, 0.4) is 0 Å². The maximum Gasteiger partial charge on any atom is 0.270 e. The molecule has 2 N–H and O–H groups in total. The summed E-state index contributed by atoms with van der Waals surface area (Å²) in [4.78, 5) is 20.1. The van der Waals surface area contributed by atoms with Crippen LogP contribution in [0.25, 0.3) is 0 Å². The van der Waals surface area contributed by atoms with Crippen molar-refractivity contribution in [3.8, 4) is 11.5 Å². The summed E-state index contributed by atoms with van der Waals surface area (Å²) < 4.78 is 15.9. The van der Waals surface area contributed by atoms with Crippen molar-refractivity contribution in [1.82, 2.24) is 15.3 Å². The van der Waals surface area contributed by atoms with E-state index in [1.165, 1.54) is 6.33 Å². The van der Waals surface area contributed by atoms with Crippen LogP contribution < -0.4 is 20.1 Å². The van der Waals surface area contributed by atoms with Gasteiger partial charge >= 0.3 is 0 Å². The van der Waals surface area contributed by atoms with Crippen LogP contribution in [0, 0.1) is 0 Å². The number of anilines is 2. The molecule has 126 valence electrons. The van der Waals surface area contributed by atoms with Gasteiger partial charge in [0.05, 0.1) is 6.61 Å². The van der Waals surface area contributed by atoms with Crippen LogP contribution in [0.4, 0.5) is 11.5 Å². The van der Waals surface area contributed by atoms with Crippen LogP contribution in [0.15, 0.2) is 30.6 Å². The first-order chi connectivity index (χ1) is 11.8. The molecule has 1 aliphatic heterocycles. The van der Waals surface area contributed by atoms with Crippen molar-refractivity contribution in [3.63, 3.8) is 0 Å². The Morgan fingerprint density at radius 3 is 2.88 bits per heavy atom. The van der Waals surface area contributed by atoms with Gasteiger partial charge in [-0.05, 0) is 12.1 Å². The van der Waals surface area contributed by atoms with E-state index in [0.717, 1.165) is 5.69 Å². The monoisotopic (exact) mass is 330 g/mol. The lowest BCUT2D eigenvalue weighted by molar-refractivity contribution is 0.0932. The summed E-state index contributed by atoms with van der Waals surface area (Å²) in [6.45, 7) is 1.94. The molecule has 0 saturated carbocycles. The van der Waals surface area contributed by atoms with Crippen LogP contribution in [0.5, 0.6) is 11.5 Å². The van der Waals surface area contributed by atoms with Crippen molar-refractivity contribution in [2.24, 2.45) is 0 Å². The van der Waals surface area contributed by atoms with Crippen molar-refractivity contribution in [2.45, 2.75) is 0 Å². The zero-order valence-corrected chi connectivity index (χ0v) is 13.2. The average Bonchev–Trinajstić information content (AvgIpc) is 2.62. The maximum absolute atomic E-state index is 12.0. The molecule has 0 bridgehead atoms. The van der Waals surface area contributed by atoms with Gasteiger partial charge in [0, 0.05) is 31.5 Å². The minimum atomic E-state index is -0.278. The lowest BCUT2D eigenvalue weighted by Gasteiger charge is -2.19. The number of carbonyl (C=O) groups is 1. The number of rotatable bonds is 6. The molecule has 0 fully saturated rings. The molecule has 0 atom stereocenters. The smallest absolute Gasteiger partial charge is 0.270 e. The topological polar surface area (TPSA) is 94.6 Å². The molecule has 0 radical (unpaired) electrons. The third-order valence-corrected chi connectivity index (χ3v) is 3.31. The van der Waals surface area contributed by atoms with Crippen molar-refractivity contribution < 1.29 is 19.0 Å². The van der Waals surface area contributed by atoms with Gasteiger partial charge in [-0.2, -0.15) is 0 Å². The highest BCUT2D eigenvalue weighted by molar-refractivity contribution is 5.92. The van der Waals surface area contributed by atoms with Crippen molar-refractivity contribution in [3.05, 3.63) is 36.3 Å². The molecule has 8 heteroatoms. The second-order valence-corrected chi connectivity index (χ2v) is 5.02. The largest absolute Gasteiger partial charge is 0.486 e. The molecule has 0 aliphatic carbocycles. The van der Waals surface area contributed by atoms with Crippen LogP contribution in [-0.2, 0) is 4.74 Å². The summed E-state index contributed by atoms with van der Waals surface area (Å²) in [7, 11) is 1.58. The van der Waals surface area contributed by atoms with Gasteiger partial charge in [0.1, 0.15) is 31.1 Å². The first-order valence-electron chi connectivity index (χ1n) is 7.52. The molecular weight excluding hydrogens is 312 g/mol. The highest BCUT2D eigenvalue weighted by Gasteiger charge is 2.13. The molecular formula is C16H18N4O4. The van der Waals surface area contributed by atoms with E-state index in [1.807, 2.05) is 18.2 Å². The minimum absolute atomic E-state index is 0.278. The molecule has 24 heavy (non-hydrogen) atoms. The fourth-order valence-electron chi connectivity index (χ4n) is 2.18. The van der Waals surface area contributed by atoms with Gasteiger partial charge in [-0.1, -0.05) is 0 Å². The van der Waals surface area contributed by atoms with E-state index < -0.39 is 0 Å². The Morgan fingerprint density at radius 1 is 1.21 bits per heavy atom. The second kappa shape index (κ2) is 7.60. The number of nitrogens with one attached hydrogen (secondary N) is 2. The van der Waals surface area contributed by atoms with Gasteiger partial charge in [-0.3, -0.25) is 4.79 Å². The molecule has 8 nitrogen and oxygen atoms in total. The van der Waals surface area contributed by atoms with Crippen LogP contribution in [-0.4, -0.2) is 49.4 Å². The molecule has 2 heterocycles. The normalized spacial score (nSPS) is 12.5. The summed E-state index contributed by atoms with van der Waals surface area (Å²) in [6.07, 6.45) is 1.34. The summed E-state index contributed by atoms with van der Waals surface area (Å²) in [5.41, 5.74) is 1.06. The standard InChI is InChI=1S/C16H18N4O4/c1-22-5-4-17-16(21)12-9-15(19-10-18-12)20-11-2-3-13-14(8-11)24-7-6-23-13/h2-3,8-10H,4-7H2,1H3,(H,17,21)(H,18,19,20). The Hall–Kier alpha value is -2.87. The number of ether oxygens (including phenoxy) is 3. The van der Waals surface area contributed by atoms with Crippen molar-refractivity contribution >= 4 is 17.4 Å². The first kappa shape index (κ1) is 16.0. The lowest BCUT2D eigenvalue weighted by atomic mass is 10.2. The van der Waals surface area contributed by atoms with E-state index in [0.29, 0.717) is 43.7 Å². The van der Waals surface area contributed by atoms with Gasteiger partial charge in [0.2, 0.25) is 0 Å². The van der Waals surface area contributed by atoms with E-state index in [2.05, 4.69) is 20.6 Å². The van der Waals surface area contributed by atoms with Gasteiger partial charge in [-0.15, -0.1) is 0 Å². The summed E-state index contributed by atoms with van der Waals surface area (Å²) in [5, 5.41) is 5.84. The van der Waals surface area contributed by atoms with Crippen LogP contribution in [0.2, 0.25) is 0 Å². The van der Waals surface area contributed by atoms with Crippen LogP contribution >= 0.6 is 0 Å². The summed E-state index contributed by atoms with van der Waals surface area (Å²) in [6, 6.07) is 7.10. The quantitative estimate of drug-likeness (QED) is 0.772. The predicted octanol–water partition coefficient (Wildman–Crippen LogP) is 1.37. The third kappa shape index (κ3) is 3.90. The summed E-state index contributed by atoms with van der Waals surface area (Å²) in [5.74, 6) is 1.63. The molecule has 0 saturated heterocycles. The third-order valence-electron chi connectivity index (χ3n) is 3.31. The maximum atomic E-state index is 12.0. The van der Waals surface area contributed by atoms with E-state index in [9.17, 15) is 4.79 Å². The summed E-state index contributed by atoms with van der Waals surface area (Å²) >= 11 is 0. The SMILES string of the molecule is COCCNC(=O)c1cc(Nc2ccc3c(c2)OCCO3)ncn1. The molecule has 1 aromatic carbocycles. The number of benzene rings is 1. The molecule has 2 aromatic rings. The number of aromatic nitrogens is 2. The zero-order valence-electron chi connectivity index (χ0n) is 13.2. The molecule has 0 unspecified atom stereocenters. The zero-order chi connectivity index (χ0) is 16.8. The Kier molecular flexibility index (Phi) is 5.07. The van der Waals surface area contributed by atoms with E-state index in [4.69, 9.17) is 14.2 Å². The predicted molar refractivity (Wildman–Crippen MR) is 87.0 cm³/mol. The van der Waals surface area contributed by atoms with Gasteiger partial charge in [-0.25, -0.2) is 9.97 Å². The highest BCUT2D eigenvalue weighted by Crippen LogP contribution is 2.33. The average molecular weight is 330 g/mol. The number of carbonyl (C=O) groups excluding carboxylic acids is 1. The van der Waals surface area contributed by atoms with E-state index in [1.54, 1.807) is 13.2 Å². The lowest BCUT2D eigenvalue weighted by Crippen LogP contribution is -2.27. The molecule has 1 aromatic heterocycles. The van der Waals surface area contributed by atoms with E-state index >= 15 is 0 Å². The number of fused-ring (bicyclic) bond motifs is 1. The van der Waals surface area contributed by atoms with Crippen LogP contribution in [0.1, 0.15) is 10.5 Å². The number of nitrogens with zero attached hydrogens (tertiary/aromatic N) is 2. The Bertz CT molecular complexity index is 723. The Labute approximate surface area is 139 Å². The second-order valence-electron chi connectivity index (χ2n) is 5.02. The number of hydrogen-bond acceptors (Lipinski definition) is 7.